The molecule has 1 N–H and O–H groups in total. The van der Waals surface area contributed by atoms with Crippen molar-refractivity contribution in [3.63, 3.8) is 0 Å². The third-order valence-corrected chi connectivity index (χ3v) is 4.12. The summed E-state index contributed by atoms with van der Waals surface area (Å²) in [7, 11) is 2.04. The Labute approximate surface area is 118 Å². The molecule has 0 bridgehead atoms. The molecule has 0 spiro atoms. The third kappa shape index (κ3) is 2.24. The predicted octanol–water partition coefficient (Wildman–Crippen LogP) is 0.996. The summed E-state index contributed by atoms with van der Waals surface area (Å²) >= 11 is 0. The summed E-state index contributed by atoms with van der Waals surface area (Å²) in [6, 6.07) is 7.98. The monoisotopic (exact) mass is 273 g/mol. The van der Waals surface area contributed by atoms with Crippen molar-refractivity contribution in [3.8, 4) is 0 Å². The van der Waals surface area contributed by atoms with Gasteiger partial charge in [-0.15, -0.1) is 0 Å². The SMILES string of the molecule is CN1CCN(C(=O)C2CCC(=O)NC2)c2ccccc21. The lowest BCUT2D eigenvalue weighted by atomic mass is 9.97. The molecule has 1 fully saturated rings. The highest BCUT2D eigenvalue weighted by molar-refractivity contribution is 6.00. The first kappa shape index (κ1) is 13.0. The summed E-state index contributed by atoms with van der Waals surface area (Å²) < 4.78 is 0. The Kier molecular flexibility index (Phi) is 3.34. The maximum absolute atomic E-state index is 12.7. The number of amides is 2. The van der Waals surface area contributed by atoms with Crippen LogP contribution in [-0.2, 0) is 9.59 Å². The topological polar surface area (TPSA) is 52.7 Å². The van der Waals surface area contributed by atoms with Crippen LogP contribution in [0.3, 0.4) is 0 Å². The number of anilines is 2. The Morgan fingerprint density at radius 3 is 2.70 bits per heavy atom. The van der Waals surface area contributed by atoms with E-state index in [0.29, 0.717) is 25.9 Å². The highest BCUT2D eigenvalue weighted by atomic mass is 16.2. The summed E-state index contributed by atoms with van der Waals surface area (Å²) in [5.41, 5.74) is 2.06. The molecule has 1 saturated heterocycles. The van der Waals surface area contributed by atoms with Crippen molar-refractivity contribution in [2.75, 3.05) is 36.5 Å². The van der Waals surface area contributed by atoms with Crippen LogP contribution in [-0.4, -0.2) is 38.5 Å². The Morgan fingerprint density at radius 1 is 1.25 bits per heavy atom. The molecule has 0 aromatic heterocycles. The molecule has 2 aliphatic rings. The van der Waals surface area contributed by atoms with Gasteiger partial charge in [0, 0.05) is 33.1 Å². The number of nitrogens with one attached hydrogen (secondary N) is 1. The smallest absolute Gasteiger partial charge is 0.232 e. The van der Waals surface area contributed by atoms with Crippen molar-refractivity contribution < 1.29 is 9.59 Å². The number of rotatable bonds is 1. The average Bonchev–Trinajstić information content (AvgIpc) is 2.48. The summed E-state index contributed by atoms with van der Waals surface area (Å²) in [4.78, 5) is 27.9. The predicted molar refractivity (Wildman–Crippen MR) is 77.8 cm³/mol. The second-order valence-corrected chi connectivity index (χ2v) is 5.44. The van der Waals surface area contributed by atoms with E-state index >= 15 is 0 Å². The fourth-order valence-corrected chi connectivity index (χ4v) is 2.90. The van der Waals surface area contributed by atoms with Crippen LogP contribution < -0.4 is 15.1 Å². The van der Waals surface area contributed by atoms with Crippen LogP contribution in [0.25, 0.3) is 0 Å². The van der Waals surface area contributed by atoms with Crippen molar-refractivity contribution in [2.45, 2.75) is 12.8 Å². The number of likely N-dealkylation sites (N-methyl/N-ethyl adjacent to an activating group) is 1. The molecule has 20 heavy (non-hydrogen) atoms. The molecule has 106 valence electrons. The lowest BCUT2D eigenvalue weighted by molar-refractivity contribution is -0.127. The summed E-state index contributed by atoms with van der Waals surface area (Å²) in [6.45, 7) is 2.00. The van der Waals surface area contributed by atoms with E-state index in [2.05, 4.69) is 10.2 Å². The number of carbonyl (C=O) groups is 2. The number of hydrogen-bond acceptors (Lipinski definition) is 3. The number of para-hydroxylation sites is 2. The normalized spacial score (nSPS) is 22.2. The Balaban J connectivity index is 1.82. The maximum atomic E-state index is 12.7. The van der Waals surface area contributed by atoms with Crippen molar-refractivity contribution >= 4 is 23.2 Å². The molecule has 5 heteroatoms. The van der Waals surface area contributed by atoms with Crippen LogP contribution in [0.1, 0.15) is 12.8 Å². The molecule has 2 amide bonds. The zero-order chi connectivity index (χ0) is 14.1. The minimum atomic E-state index is -0.0934. The quantitative estimate of drug-likeness (QED) is 0.830. The molecule has 1 aromatic rings. The maximum Gasteiger partial charge on any atom is 0.232 e. The van der Waals surface area contributed by atoms with Gasteiger partial charge in [0.05, 0.1) is 17.3 Å². The van der Waals surface area contributed by atoms with Crippen LogP contribution in [0.2, 0.25) is 0 Å². The molecular weight excluding hydrogens is 254 g/mol. The highest BCUT2D eigenvalue weighted by Gasteiger charge is 2.32. The zero-order valence-corrected chi connectivity index (χ0v) is 11.6. The fourth-order valence-electron chi connectivity index (χ4n) is 2.90. The third-order valence-electron chi connectivity index (χ3n) is 4.12. The number of fused-ring (bicyclic) bond motifs is 1. The molecule has 2 heterocycles. The van der Waals surface area contributed by atoms with E-state index in [9.17, 15) is 9.59 Å². The lowest BCUT2D eigenvalue weighted by Crippen LogP contribution is -2.49. The molecule has 2 aliphatic heterocycles. The largest absolute Gasteiger partial charge is 0.371 e. The van der Waals surface area contributed by atoms with Gasteiger partial charge >= 0.3 is 0 Å². The first-order chi connectivity index (χ1) is 9.66. The molecule has 0 aliphatic carbocycles. The van der Waals surface area contributed by atoms with Gasteiger partial charge < -0.3 is 15.1 Å². The molecule has 1 atom stereocenters. The minimum Gasteiger partial charge on any atom is -0.371 e. The Hall–Kier alpha value is -2.04. The van der Waals surface area contributed by atoms with Gasteiger partial charge in [-0.3, -0.25) is 9.59 Å². The van der Waals surface area contributed by atoms with E-state index in [1.165, 1.54) is 0 Å². The van der Waals surface area contributed by atoms with Crippen molar-refractivity contribution in [1.82, 2.24) is 5.32 Å². The number of nitrogens with zero attached hydrogens (tertiary/aromatic N) is 2. The lowest BCUT2D eigenvalue weighted by Gasteiger charge is -2.37. The van der Waals surface area contributed by atoms with Crippen LogP contribution in [0.15, 0.2) is 24.3 Å². The Bertz CT molecular complexity index is 534. The highest BCUT2D eigenvalue weighted by Crippen LogP contribution is 2.33. The van der Waals surface area contributed by atoms with Crippen LogP contribution in [0.5, 0.6) is 0 Å². The van der Waals surface area contributed by atoms with Crippen molar-refractivity contribution in [3.05, 3.63) is 24.3 Å². The first-order valence-electron chi connectivity index (χ1n) is 7.05. The van der Waals surface area contributed by atoms with Crippen LogP contribution >= 0.6 is 0 Å². The summed E-state index contributed by atoms with van der Waals surface area (Å²) in [6.07, 6.45) is 1.10. The molecule has 1 aromatic carbocycles. The van der Waals surface area contributed by atoms with E-state index in [1.807, 2.05) is 36.2 Å². The van der Waals surface area contributed by atoms with Gasteiger partial charge in [0.25, 0.3) is 0 Å². The molecule has 5 nitrogen and oxygen atoms in total. The minimum absolute atomic E-state index is 0.0489. The summed E-state index contributed by atoms with van der Waals surface area (Å²) in [5, 5.41) is 2.79. The first-order valence-corrected chi connectivity index (χ1v) is 7.05. The van der Waals surface area contributed by atoms with E-state index < -0.39 is 0 Å². The van der Waals surface area contributed by atoms with Gasteiger partial charge in [0.15, 0.2) is 0 Å². The molecule has 0 radical (unpaired) electrons. The Morgan fingerprint density at radius 2 is 2.00 bits per heavy atom. The number of carbonyl (C=O) groups excluding carboxylic acids is 2. The second-order valence-electron chi connectivity index (χ2n) is 5.44. The average molecular weight is 273 g/mol. The number of piperidine rings is 1. The van der Waals surface area contributed by atoms with Crippen molar-refractivity contribution in [1.29, 1.82) is 0 Å². The number of benzene rings is 1. The second kappa shape index (κ2) is 5.15. The van der Waals surface area contributed by atoms with E-state index in [0.717, 1.165) is 17.9 Å². The zero-order valence-electron chi connectivity index (χ0n) is 11.6. The van der Waals surface area contributed by atoms with Crippen LogP contribution in [0, 0.1) is 5.92 Å². The van der Waals surface area contributed by atoms with Crippen molar-refractivity contribution in [2.24, 2.45) is 5.92 Å². The standard InChI is InChI=1S/C15H19N3O2/c1-17-8-9-18(13-5-3-2-4-12(13)17)15(20)11-6-7-14(19)16-10-11/h2-5,11H,6-10H2,1H3,(H,16,19). The van der Waals surface area contributed by atoms with Gasteiger partial charge in [-0.1, -0.05) is 12.1 Å². The summed E-state index contributed by atoms with van der Waals surface area (Å²) in [5.74, 6) is 0.0857. The molecule has 1 unspecified atom stereocenters. The van der Waals surface area contributed by atoms with E-state index in [-0.39, 0.29) is 17.7 Å². The van der Waals surface area contributed by atoms with Gasteiger partial charge in [-0.05, 0) is 18.6 Å². The fraction of sp³-hybridized carbons (Fsp3) is 0.467. The van der Waals surface area contributed by atoms with Gasteiger partial charge in [0.2, 0.25) is 11.8 Å². The molecule has 3 rings (SSSR count). The van der Waals surface area contributed by atoms with E-state index in [1.54, 1.807) is 0 Å². The molecular formula is C15H19N3O2. The van der Waals surface area contributed by atoms with E-state index in [4.69, 9.17) is 0 Å². The van der Waals surface area contributed by atoms with Crippen LogP contribution in [0.4, 0.5) is 11.4 Å². The van der Waals surface area contributed by atoms with Gasteiger partial charge in [-0.25, -0.2) is 0 Å². The molecule has 0 saturated carbocycles. The number of hydrogen-bond donors (Lipinski definition) is 1. The van der Waals surface area contributed by atoms with Gasteiger partial charge in [-0.2, -0.15) is 0 Å². The van der Waals surface area contributed by atoms with Gasteiger partial charge in [0.1, 0.15) is 0 Å².